The molecule has 5 rings (SSSR count). The summed E-state index contributed by atoms with van der Waals surface area (Å²) in [6.07, 6.45) is 0.505. The van der Waals surface area contributed by atoms with Crippen LogP contribution in [-0.2, 0) is 45.6 Å². The molecule has 3 aromatic rings. The Morgan fingerprint density at radius 3 is 2.44 bits per heavy atom. The number of halogens is 1. The van der Waals surface area contributed by atoms with E-state index in [4.69, 9.17) is 11.6 Å². The number of carbonyl (C=O) groups is 2. The van der Waals surface area contributed by atoms with Crippen LogP contribution in [0.2, 0.25) is 5.02 Å². The van der Waals surface area contributed by atoms with E-state index in [0.717, 1.165) is 11.3 Å². The van der Waals surface area contributed by atoms with Gasteiger partial charge in [-0.1, -0.05) is 47.1 Å². The first kappa shape index (κ1) is 22.5. The predicted molar refractivity (Wildman–Crippen MR) is 123 cm³/mol. The summed E-state index contributed by atoms with van der Waals surface area (Å²) < 4.78 is 26.3. The Balaban J connectivity index is 1.29. The number of sulfone groups is 1. The van der Waals surface area contributed by atoms with Crippen LogP contribution in [0.3, 0.4) is 0 Å². The zero-order chi connectivity index (χ0) is 23.9. The molecule has 0 radical (unpaired) electrons. The highest BCUT2D eigenvalue weighted by molar-refractivity contribution is 7.94. The van der Waals surface area contributed by atoms with E-state index in [0.29, 0.717) is 23.8 Å². The van der Waals surface area contributed by atoms with Gasteiger partial charge in [-0.15, -0.1) is 5.10 Å². The van der Waals surface area contributed by atoms with E-state index in [1.165, 1.54) is 28.9 Å². The number of nitrogens with one attached hydrogen (secondary N) is 1. The third-order valence-electron chi connectivity index (χ3n) is 6.29. The van der Waals surface area contributed by atoms with E-state index in [9.17, 15) is 18.0 Å². The quantitative estimate of drug-likeness (QED) is 0.532. The van der Waals surface area contributed by atoms with Crippen LogP contribution in [0, 0.1) is 0 Å². The monoisotopic (exact) mass is 499 g/mol. The average molecular weight is 500 g/mol. The Kier molecular flexibility index (Phi) is 5.65. The summed E-state index contributed by atoms with van der Waals surface area (Å²) in [6.45, 7) is 0.858. The minimum absolute atomic E-state index is 0.0272. The zero-order valence-corrected chi connectivity index (χ0v) is 19.7. The van der Waals surface area contributed by atoms with Crippen molar-refractivity contribution in [1.29, 1.82) is 0 Å². The second-order valence-electron chi connectivity index (χ2n) is 8.51. The summed E-state index contributed by atoms with van der Waals surface area (Å²) in [4.78, 5) is 27.3. The molecule has 2 aromatic carbocycles. The number of nitrogens with zero attached hydrogens (tertiary/aromatic N) is 4. The fourth-order valence-electron chi connectivity index (χ4n) is 4.15. The van der Waals surface area contributed by atoms with Crippen molar-refractivity contribution in [1.82, 2.24) is 25.2 Å². The maximum absolute atomic E-state index is 13.1. The lowest BCUT2D eigenvalue weighted by molar-refractivity contribution is -0.135. The molecule has 0 spiro atoms. The summed E-state index contributed by atoms with van der Waals surface area (Å²) in [5.41, 5.74) is 2.24. The van der Waals surface area contributed by atoms with E-state index in [1.54, 1.807) is 4.90 Å². The van der Waals surface area contributed by atoms with E-state index >= 15 is 0 Å². The molecule has 2 heterocycles. The standard InChI is InChI=1S/C23H22ClN5O4S/c24-17-6-8-18(9-7-17)34(32,33)23(10-11-23)22(31)25-12-19-20-14-28(13-16-4-2-1-3-5-16)21(30)15-29(20)27-26-19/h1-9H,10-15H2,(H,25,31). The Labute approximate surface area is 201 Å². The number of amides is 2. The first-order valence-corrected chi connectivity index (χ1v) is 12.7. The Morgan fingerprint density at radius 1 is 1.06 bits per heavy atom. The van der Waals surface area contributed by atoms with Gasteiger partial charge in [-0.3, -0.25) is 9.59 Å². The molecule has 2 aliphatic rings. The minimum Gasteiger partial charge on any atom is -0.349 e. The Morgan fingerprint density at radius 2 is 1.76 bits per heavy atom. The predicted octanol–water partition coefficient (Wildman–Crippen LogP) is 2.10. The molecular weight excluding hydrogens is 478 g/mol. The maximum Gasteiger partial charge on any atom is 0.245 e. The fourth-order valence-corrected chi connectivity index (χ4v) is 6.17. The molecule has 0 saturated heterocycles. The lowest BCUT2D eigenvalue weighted by Crippen LogP contribution is -2.42. The van der Waals surface area contributed by atoms with Gasteiger partial charge in [-0.2, -0.15) is 0 Å². The fraction of sp³-hybridized carbons (Fsp3) is 0.304. The number of rotatable bonds is 7. The van der Waals surface area contributed by atoms with Gasteiger partial charge in [0.25, 0.3) is 0 Å². The summed E-state index contributed by atoms with van der Waals surface area (Å²) in [5, 5.41) is 11.3. The van der Waals surface area contributed by atoms with Crippen LogP contribution in [-0.4, -0.2) is 44.9 Å². The van der Waals surface area contributed by atoms with Gasteiger partial charge in [0, 0.05) is 11.6 Å². The van der Waals surface area contributed by atoms with Crippen LogP contribution < -0.4 is 5.32 Å². The van der Waals surface area contributed by atoms with Crippen molar-refractivity contribution in [2.75, 3.05) is 0 Å². The second kappa shape index (κ2) is 8.52. The average Bonchev–Trinajstić information content (AvgIpc) is 3.57. The molecule has 1 aliphatic heterocycles. The molecule has 1 aromatic heterocycles. The van der Waals surface area contributed by atoms with Gasteiger partial charge >= 0.3 is 0 Å². The Hall–Kier alpha value is -3.24. The first-order chi connectivity index (χ1) is 16.3. The summed E-state index contributed by atoms with van der Waals surface area (Å²) in [5.74, 6) is -0.625. The number of hydrogen-bond acceptors (Lipinski definition) is 6. The molecule has 1 N–H and O–H groups in total. The van der Waals surface area contributed by atoms with E-state index in [-0.39, 0.29) is 36.7 Å². The number of benzene rings is 2. The van der Waals surface area contributed by atoms with Crippen LogP contribution in [0.4, 0.5) is 0 Å². The lowest BCUT2D eigenvalue weighted by Gasteiger charge is -2.27. The van der Waals surface area contributed by atoms with Crippen molar-refractivity contribution in [3.8, 4) is 0 Å². The highest BCUT2D eigenvalue weighted by Gasteiger charge is 2.61. The molecule has 1 aliphatic carbocycles. The number of fused-ring (bicyclic) bond motifs is 1. The molecule has 11 heteroatoms. The van der Waals surface area contributed by atoms with Crippen LogP contribution in [0.1, 0.15) is 29.8 Å². The van der Waals surface area contributed by atoms with E-state index < -0.39 is 20.5 Å². The van der Waals surface area contributed by atoms with Crippen LogP contribution in [0.15, 0.2) is 59.5 Å². The molecule has 0 atom stereocenters. The SMILES string of the molecule is O=C1Cn2nnc(CNC(=O)C3(S(=O)(=O)c4ccc(Cl)cc4)CC3)c2CN1Cc1ccccc1. The molecule has 34 heavy (non-hydrogen) atoms. The van der Waals surface area contributed by atoms with E-state index in [2.05, 4.69) is 15.6 Å². The van der Waals surface area contributed by atoms with Gasteiger partial charge in [-0.25, -0.2) is 13.1 Å². The van der Waals surface area contributed by atoms with Crippen LogP contribution >= 0.6 is 11.6 Å². The minimum atomic E-state index is -3.87. The largest absolute Gasteiger partial charge is 0.349 e. The van der Waals surface area contributed by atoms with Crippen molar-refractivity contribution < 1.29 is 18.0 Å². The van der Waals surface area contributed by atoms with Crippen LogP contribution in [0.5, 0.6) is 0 Å². The van der Waals surface area contributed by atoms with Gasteiger partial charge < -0.3 is 10.2 Å². The summed E-state index contributed by atoms with van der Waals surface area (Å²) in [7, 11) is -3.87. The van der Waals surface area contributed by atoms with Crippen molar-refractivity contribution in [2.24, 2.45) is 0 Å². The second-order valence-corrected chi connectivity index (χ2v) is 11.2. The van der Waals surface area contributed by atoms with Crippen molar-refractivity contribution in [3.63, 3.8) is 0 Å². The molecule has 0 unspecified atom stereocenters. The zero-order valence-electron chi connectivity index (χ0n) is 18.1. The first-order valence-electron chi connectivity index (χ1n) is 10.8. The molecule has 0 bridgehead atoms. The van der Waals surface area contributed by atoms with Gasteiger partial charge in [0.2, 0.25) is 11.8 Å². The summed E-state index contributed by atoms with van der Waals surface area (Å²) >= 11 is 5.87. The Bertz CT molecular complexity index is 1350. The van der Waals surface area contributed by atoms with Crippen molar-refractivity contribution in [3.05, 3.63) is 76.6 Å². The topological polar surface area (TPSA) is 114 Å². The van der Waals surface area contributed by atoms with Crippen molar-refractivity contribution >= 4 is 33.3 Å². The smallest absolute Gasteiger partial charge is 0.245 e. The third kappa shape index (κ3) is 3.97. The lowest BCUT2D eigenvalue weighted by atomic mass is 10.1. The number of aromatic nitrogens is 3. The maximum atomic E-state index is 13.1. The molecular formula is C23H22ClN5O4S. The normalized spacial score (nSPS) is 16.7. The van der Waals surface area contributed by atoms with Gasteiger partial charge in [-0.05, 0) is 42.7 Å². The van der Waals surface area contributed by atoms with Gasteiger partial charge in [0.1, 0.15) is 12.2 Å². The van der Waals surface area contributed by atoms with Gasteiger partial charge in [0.05, 0.1) is 23.7 Å². The number of hydrogen-bond donors (Lipinski definition) is 1. The van der Waals surface area contributed by atoms with Gasteiger partial charge in [0.15, 0.2) is 14.6 Å². The summed E-state index contributed by atoms with van der Waals surface area (Å²) in [6, 6.07) is 15.5. The van der Waals surface area contributed by atoms with Crippen molar-refractivity contribution in [2.45, 2.75) is 48.7 Å². The van der Waals surface area contributed by atoms with E-state index in [1.807, 2.05) is 30.3 Å². The highest BCUT2D eigenvalue weighted by atomic mass is 35.5. The molecule has 9 nitrogen and oxygen atoms in total. The number of carbonyl (C=O) groups excluding carboxylic acids is 2. The highest BCUT2D eigenvalue weighted by Crippen LogP contribution is 2.47. The molecule has 176 valence electrons. The third-order valence-corrected chi connectivity index (χ3v) is 9.05. The molecule has 1 saturated carbocycles. The molecule has 2 amide bonds. The molecule has 1 fully saturated rings. The van der Waals surface area contributed by atoms with Crippen LogP contribution in [0.25, 0.3) is 0 Å².